The molecule has 0 bridgehead atoms. The molecule has 1 aromatic heterocycles. The van der Waals surface area contributed by atoms with E-state index in [0.717, 1.165) is 4.73 Å². The van der Waals surface area contributed by atoms with Crippen LogP contribution in [0.1, 0.15) is 0 Å². The van der Waals surface area contributed by atoms with Gasteiger partial charge in [0.1, 0.15) is 6.33 Å². The molecule has 9 heavy (non-hydrogen) atoms. The third kappa shape index (κ3) is 1.18. The highest BCUT2D eigenvalue weighted by atomic mass is 16.5. The van der Waals surface area contributed by atoms with Crippen LogP contribution in [-0.4, -0.2) is 21.3 Å². The van der Waals surface area contributed by atoms with Crippen LogP contribution < -0.4 is 5.32 Å². The van der Waals surface area contributed by atoms with Gasteiger partial charge in [-0.2, -0.15) is 4.73 Å². The number of carbonyl (C=O) groups is 1. The number of aromatic nitrogens is 2. The molecule has 5 nitrogen and oxygen atoms in total. The monoisotopic (exact) mass is 127 g/mol. The summed E-state index contributed by atoms with van der Waals surface area (Å²) in [5.74, 6) is 0.326. The Labute approximate surface area is 50.9 Å². The quantitative estimate of drug-likeness (QED) is 0.423. The van der Waals surface area contributed by atoms with Gasteiger partial charge in [-0.15, -0.1) is 0 Å². The number of hydrogen-bond donors (Lipinski definition) is 2. The molecule has 2 N–H and O–H groups in total. The molecule has 0 radical (unpaired) electrons. The first-order valence-electron chi connectivity index (χ1n) is 2.26. The molecule has 1 aromatic rings. The molecule has 0 saturated heterocycles. The molecule has 0 unspecified atom stereocenters. The van der Waals surface area contributed by atoms with Crippen LogP contribution in [0.3, 0.4) is 0 Å². The van der Waals surface area contributed by atoms with Gasteiger partial charge in [-0.05, 0) is 0 Å². The summed E-state index contributed by atoms with van der Waals surface area (Å²) in [5, 5.41) is 10.8. The van der Waals surface area contributed by atoms with Crippen molar-refractivity contribution in [2.75, 3.05) is 5.32 Å². The third-order valence-electron chi connectivity index (χ3n) is 0.776. The number of nitrogens with zero attached hydrogens (tertiary/aromatic N) is 2. The Morgan fingerprint density at radius 3 is 3.11 bits per heavy atom. The van der Waals surface area contributed by atoms with Gasteiger partial charge in [0.15, 0.2) is 5.82 Å². The zero-order valence-corrected chi connectivity index (χ0v) is 4.48. The topological polar surface area (TPSA) is 67.2 Å². The molecule has 0 aliphatic heterocycles. The summed E-state index contributed by atoms with van der Waals surface area (Å²) in [6, 6.07) is 0. The fraction of sp³-hybridized carbons (Fsp3) is 0. The van der Waals surface area contributed by atoms with Gasteiger partial charge < -0.3 is 10.5 Å². The van der Waals surface area contributed by atoms with Crippen LogP contribution in [-0.2, 0) is 4.79 Å². The van der Waals surface area contributed by atoms with Crippen molar-refractivity contribution >= 4 is 12.2 Å². The molecule has 0 aliphatic rings. The SMILES string of the molecule is O=CNc1cn(O)cn1. The van der Waals surface area contributed by atoms with Crippen molar-refractivity contribution in [2.24, 2.45) is 0 Å². The Morgan fingerprint density at radius 2 is 2.67 bits per heavy atom. The van der Waals surface area contributed by atoms with Gasteiger partial charge in [-0.3, -0.25) is 4.79 Å². The van der Waals surface area contributed by atoms with Crippen LogP contribution in [0.4, 0.5) is 5.82 Å². The lowest BCUT2D eigenvalue weighted by Crippen LogP contribution is -1.92. The number of imidazole rings is 1. The van der Waals surface area contributed by atoms with Gasteiger partial charge in [0, 0.05) is 0 Å². The largest absolute Gasteiger partial charge is 0.427 e. The molecular formula is C4H5N3O2. The standard InChI is InChI=1S/C4H5N3O2/c8-3-6-4-1-7(9)2-5-4/h1-3,9H,(H,6,8). The molecule has 1 rings (SSSR count). The van der Waals surface area contributed by atoms with Crippen molar-refractivity contribution in [1.82, 2.24) is 9.71 Å². The lowest BCUT2D eigenvalue weighted by atomic mass is 10.8. The second-order valence-electron chi connectivity index (χ2n) is 1.40. The zero-order chi connectivity index (χ0) is 6.69. The van der Waals surface area contributed by atoms with E-state index in [9.17, 15) is 4.79 Å². The minimum Gasteiger partial charge on any atom is -0.427 e. The predicted octanol–water partition coefficient (Wildman–Crippen LogP) is -0.311. The van der Waals surface area contributed by atoms with Crippen LogP contribution in [0.5, 0.6) is 0 Å². The summed E-state index contributed by atoms with van der Waals surface area (Å²) in [7, 11) is 0. The van der Waals surface area contributed by atoms with E-state index in [0.29, 0.717) is 12.2 Å². The van der Waals surface area contributed by atoms with E-state index in [2.05, 4.69) is 10.3 Å². The highest BCUT2D eigenvalue weighted by Crippen LogP contribution is 1.96. The van der Waals surface area contributed by atoms with Gasteiger partial charge in [-0.1, -0.05) is 0 Å². The number of hydrogen-bond acceptors (Lipinski definition) is 3. The highest BCUT2D eigenvalue weighted by molar-refractivity contribution is 5.68. The van der Waals surface area contributed by atoms with E-state index in [1.54, 1.807) is 0 Å². The van der Waals surface area contributed by atoms with Crippen LogP contribution in [0.25, 0.3) is 0 Å². The number of rotatable bonds is 2. The Kier molecular flexibility index (Phi) is 1.35. The van der Waals surface area contributed by atoms with Crippen molar-refractivity contribution in [1.29, 1.82) is 0 Å². The third-order valence-corrected chi connectivity index (χ3v) is 0.776. The fourth-order valence-corrected chi connectivity index (χ4v) is 0.448. The van der Waals surface area contributed by atoms with Gasteiger partial charge in [0.2, 0.25) is 6.41 Å². The van der Waals surface area contributed by atoms with Crippen molar-refractivity contribution in [3.8, 4) is 0 Å². The fourth-order valence-electron chi connectivity index (χ4n) is 0.448. The number of nitrogens with one attached hydrogen (secondary N) is 1. The first-order chi connectivity index (χ1) is 4.33. The van der Waals surface area contributed by atoms with Gasteiger partial charge in [0.05, 0.1) is 6.20 Å². The number of amides is 1. The Hall–Kier alpha value is -1.52. The second-order valence-corrected chi connectivity index (χ2v) is 1.40. The van der Waals surface area contributed by atoms with E-state index < -0.39 is 0 Å². The van der Waals surface area contributed by atoms with Crippen LogP contribution in [0.15, 0.2) is 12.5 Å². The molecule has 0 aliphatic carbocycles. The van der Waals surface area contributed by atoms with E-state index in [1.165, 1.54) is 12.5 Å². The maximum absolute atomic E-state index is 9.74. The predicted molar refractivity (Wildman–Crippen MR) is 29.1 cm³/mol. The van der Waals surface area contributed by atoms with Gasteiger partial charge in [0.25, 0.3) is 0 Å². The van der Waals surface area contributed by atoms with E-state index in [4.69, 9.17) is 5.21 Å². The zero-order valence-electron chi connectivity index (χ0n) is 4.48. The van der Waals surface area contributed by atoms with Crippen LogP contribution in [0.2, 0.25) is 0 Å². The maximum atomic E-state index is 9.74. The van der Waals surface area contributed by atoms with E-state index in [-0.39, 0.29) is 0 Å². The van der Waals surface area contributed by atoms with Crippen molar-refractivity contribution in [2.45, 2.75) is 0 Å². The minimum atomic E-state index is 0.326. The Morgan fingerprint density at radius 1 is 1.89 bits per heavy atom. The normalized spacial score (nSPS) is 8.89. The molecule has 48 valence electrons. The number of carbonyl (C=O) groups excluding carboxylic acids is 1. The van der Waals surface area contributed by atoms with Crippen LogP contribution in [0, 0.1) is 0 Å². The van der Waals surface area contributed by atoms with Crippen molar-refractivity contribution < 1.29 is 10.0 Å². The Balaban J connectivity index is 2.72. The molecule has 5 heteroatoms. The maximum Gasteiger partial charge on any atom is 0.212 e. The van der Waals surface area contributed by atoms with Gasteiger partial charge >= 0.3 is 0 Å². The lowest BCUT2D eigenvalue weighted by molar-refractivity contribution is -0.105. The molecule has 0 aromatic carbocycles. The van der Waals surface area contributed by atoms with Crippen LogP contribution >= 0.6 is 0 Å². The molecule has 1 heterocycles. The molecule has 0 spiro atoms. The average Bonchev–Trinajstić information content (AvgIpc) is 2.17. The Bertz CT molecular complexity index is 207. The van der Waals surface area contributed by atoms with Crippen molar-refractivity contribution in [3.63, 3.8) is 0 Å². The highest BCUT2D eigenvalue weighted by Gasteiger charge is 1.91. The molecule has 1 amide bonds. The summed E-state index contributed by atoms with van der Waals surface area (Å²) >= 11 is 0. The summed E-state index contributed by atoms with van der Waals surface area (Å²) < 4.78 is 0.756. The first-order valence-corrected chi connectivity index (χ1v) is 2.26. The van der Waals surface area contributed by atoms with Gasteiger partial charge in [-0.25, -0.2) is 4.98 Å². The molecular weight excluding hydrogens is 122 g/mol. The first kappa shape index (κ1) is 5.61. The average molecular weight is 127 g/mol. The minimum absolute atomic E-state index is 0.326. The summed E-state index contributed by atoms with van der Waals surface area (Å²) in [6.45, 7) is 0. The smallest absolute Gasteiger partial charge is 0.212 e. The summed E-state index contributed by atoms with van der Waals surface area (Å²) in [4.78, 5) is 13.3. The number of anilines is 1. The summed E-state index contributed by atoms with van der Waals surface area (Å²) in [5.41, 5.74) is 0. The van der Waals surface area contributed by atoms with E-state index >= 15 is 0 Å². The molecule has 0 atom stereocenters. The van der Waals surface area contributed by atoms with Crippen molar-refractivity contribution in [3.05, 3.63) is 12.5 Å². The lowest BCUT2D eigenvalue weighted by Gasteiger charge is -1.84. The second kappa shape index (κ2) is 2.17. The molecule has 0 saturated carbocycles. The van der Waals surface area contributed by atoms with E-state index in [1.807, 2.05) is 0 Å². The molecule has 0 fully saturated rings. The summed E-state index contributed by atoms with van der Waals surface area (Å²) in [6.07, 6.45) is 2.93.